The summed E-state index contributed by atoms with van der Waals surface area (Å²) in [4.78, 5) is 63.3. The maximum absolute atomic E-state index is 13.9. The van der Waals surface area contributed by atoms with Gasteiger partial charge in [-0.05, 0) is 109 Å². The maximum Gasteiger partial charge on any atom is 0.373 e. The Morgan fingerprint density at radius 2 is 0.966 bits per heavy atom. The first kappa shape index (κ1) is 45.9. The number of aryl methyl sites for hydroxylation is 2. The minimum Gasteiger partial charge on any atom is -0.456 e. The Morgan fingerprint density at radius 3 is 1.39 bits per heavy atom. The van der Waals surface area contributed by atoms with E-state index < -0.39 is 34.7 Å². The molecule has 9 heteroatoms. The quantitative estimate of drug-likeness (QED) is 0.0424. The van der Waals surface area contributed by atoms with Crippen LogP contribution in [-0.2, 0) is 42.7 Å². The third-order valence-corrected chi connectivity index (χ3v) is 10.9. The van der Waals surface area contributed by atoms with E-state index in [1.54, 1.807) is 18.2 Å². The summed E-state index contributed by atoms with van der Waals surface area (Å²) >= 11 is 0. The van der Waals surface area contributed by atoms with E-state index in [1.807, 2.05) is 71.9 Å². The lowest BCUT2D eigenvalue weighted by molar-refractivity contribution is -0.301. The first-order valence-electron chi connectivity index (χ1n) is 22.3. The number of benzene rings is 3. The fourth-order valence-electron chi connectivity index (χ4n) is 7.96. The number of unbranched alkanes of at least 4 members (excludes halogenated alkanes) is 14. The topological polar surface area (TPSA) is 107 Å². The van der Waals surface area contributed by atoms with Crippen LogP contribution in [0.15, 0.2) is 48.5 Å². The van der Waals surface area contributed by atoms with Crippen LogP contribution in [0, 0.1) is 0 Å². The summed E-state index contributed by atoms with van der Waals surface area (Å²) < 4.78 is 13.3. The zero-order valence-electron chi connectivity index (χ0n) is 37.0. The van der Waals surface area contributed by atoms with Crippen molar-refractivity contribution in [3.8, 4) is 11.5 Å². The van der Waals surface area contributed by atoms with E-state index in [1.165, 1.54) is 64.2 Å². The summed E-state index contributed by atoms with van der Waals surface area (Å²) in [6, 6.07) is 14.6. The first-order valence-corrected chi connectivity index (χ1v) is 22.3. The van der Waals surface area contributed by atoms with Gasteiger partial charge in [0.15, 0.2) is 5.60 Å². The van der Waals surface area contributed by atoms with Gasteiger partial charge in [0.1, 0.15) is 22.7 Å². The van der Waals surface area contributed by atoms with E-state index in [0.29, 0.717) is 57.7 Å². The molecular formula is C50H68O9. The molecule has 322 valence electrons. The second-order valence-electron chi connectivity index (χ2n) is 18.3. The third kappa shape index (κ3) is 12.0. The van der Waals surface area contributed by atoms with E-state index >= 15 is 0 Å². The van der Waals surface area contributed by atoms with Crippen molar-refractivity contribution in [2.24, 2.45) is 0 Å². The van der Waals surface area contributed by atoms with Crippen molar-refractivity contribution in [3.63, 3.8) is 0 Å². The molecule has 0 radical (unpaired) electrons. The van der Waals surface area contributed by atoms with E-state index in [-0.39, 0.29) is 0 Å². The smallest absolute Gasteiger partial charge is 0.373 e. The predicted molar refractivity (Wildman–Crippen MR) is 230 cm³/mol. The van der Waals surface area contributed by atoms with Gasteiger partial charge in [0, 0.05) is 16.7 Å². The van der Waals surface area contributed by atoms with Gasteiger partial charge in [-0.25, -0.2) is 14.4 Å². The minimum atomic E-state index is -1.41. The van der Waals surface area contributed by atoms with Crippen LogP contribution < -0.4 is 4.74 Å². The van der Waals surface area contributed by atoms with Crippen LogP contribution in [-0.4, -0.2) is 29.1 Å². The molecule has 0 amide bonds. The molecule has 9 nitrogen and oxygen atoms in total. The van der Waals surface area contributed by atoms with E-state index in [0.717, 1.165) is 49.7 Å². The van der Waals surface area contributed by atoms with Gasteiger partial charge in [0.25, 0.3) is 0 Å². The highest BCUT2D eigenvalue weighted by molar-refractivity contribution is 5.98. The van der Waals surface area contributed by atoms with E-state index in [2.05, 4.69) is 13.8 Å². The van der Waals surface area contributed by atoms with Gasteiger partial charge < -0.3 is 9.47 Å². The Hall–Kier alpha value is -4.21. The van der Waals surface area contributed by atoms with Crippen molar-refractivity contribution in [1.82, 2.24) is 0 Å². The number of hydrogen-bond acceptors (Lipinski definition) is 9. The molecule has 0 fully saturated rings. The largest absolute Gasteiger partial charge is 0.456 e. The van der Waals surface area contributed by atoms with Gasteiger partial charge in [0.05, 0.1) is 16.7 Å². The average Bonchev–Trinajstić information content (AvgIpc) is 3.49. The lowest BCUT2D eigenvalue weighted by Crippen LogP contribution is -2.34. The monoisotopic (exact) mass is 812 g/mol. The van der Waals surface area contributed by atoms with E-state index in [4.69, 9.17) is 29.0 Å². The van der Waals surface area contributed by atoms with Crippen LogP contribution in [0.25, 0.3) is 0 Å². The summed E-state index contributed by atoms with van der Waals surface area (Å²) in [7, 11) is 0. The van der Waals surface area contributed by atoms with Gasteiger partial charge in [-0.2, -0.15) is 9.78 Å². The molecule has 0 bridgehead atoms. The summed E-state index contributed by atoms with van der Waals surface area (Å²) in [5.74, 6) is -1.13. The zero-order valence-corrected chi connectivity index (χ0v) is 37.0. The van der Waals surface area contributed by atoms with Crippen molar-refractivity contribution < 1.29 is 43.4 Å². The van der Waals surface area contributed by atoms with Gasteiger partial charge in [-0.3, -0.25) is 9.78 Å². The molecule has 5 rings (SSSR count). The van der Waals surface area contributed by atoms with Crippen LogP contribution in [0.5, 0.6) is 11.5 Å². The number of rotatable bonds is 22. The fraction of sp³-hybridized carbons (Fsp3) is 0.580. The summed E-state index contributed by atoms with van der Waals surface area (Å²) in [6.07, 6.45) is 19.4. The Bertz CT molecular complexity index is 1790. The third-order valence-electron chi connectivity index (χ3n) is 10.9. The number of fused-ring (bicyclic) bond motifs is 6. The fourth-order valence-corrected chi connectivity index (χ4v) is 7.96. The van der Waals surface area contributed by atoms with Crippen LogP contribution >= 0.6 is 0 Å². The second kappa shape index (κ2) is 20.9. The SMILES string of the molecule is CCCCCCCCCCc1cc2c(cc1C(=O)OOC(C)(C)C)Oc1cc(C(=O)OOC(C)(C)C)c(CCCCCCCCCC)cc1C21OC(=O)c2ccccc21. The standard InChI is InChI=1S/C50H68O9/c1-9-11-13-15-17-19-21-23-27-35-31-41-43(33-38(35)46(52)56-58-48(3,4)5)54-44-34-39(47(53)57-59-49(6,7)8)36(28-24-22-20-18-16-14-12-10-2)32-42(44)50(41)40-30-26-25-29-37(40)45(51)55-50/h25-26,29-34H,9-24,27-28H2,1-8H3. The van der Waals surface area contributed by atoms with Gasteiger partial charge in [0.2, 0.25) is 0 Å². The Labute approximate surface area is 352 Å². The normalized spacial score (nSPS) is 14.0. The van der Waals surface area contributed by atoms with Crippen molar-refractivity contribution in [2.45, 2.75) is 188 Å². The van der Waals surface area contributed by atoms with E-state index in [9.17, 15) is 14.4 Å². The number of carbonyl (C=O) groups is 3. The Morgan fingerprint density at radius 1 is 0.559 bits per heavy atom. The molecule has 2 heterocycles. The molecule has 0 atom stereocenters. The van der Waals surface area contributed by atoms with Crippen molar-refractivity contribution in [3.05, 3.63) is 93.0 Å². The number of carbonyl (C=O) groups excluding carboxylic acids is 3. The lowest BCUT2D eigenvalue weighted by Gasteiger charge is -2.37. The molecule has 0 aromatic heterocycles. The molecule has 1 spiro atoms. The van der Waals surface area contributed by atoms with Crippen LogP contribution in [0.3, 0.4) is 0 Å². The highest BCUT2D eigenvalue weighted by Gasteiger charge is 2.54. The summed E-state index contributed by atoms with van der Waals surface area (Å²) in [6.45, 7) is 15.3. The highest BCUT2D eigenvalue weighted by atomic mass is 17.2. The molecule has 0 unspecified atom stereocenters. The minimum absolute atomic E-state index is 0.302. The molecule has 0 aliphatic carbocycles. The average molecular weight is 813 g/mol. The molecule has 59 heavy (non-hydrogen) atoms. The van der Waals surface area contributed by atoms with Gasteiger partial charge in [-0.1, -0.05) is 122 Å². The Kier molecular flexibility index (Phi) is 16.2. The molecule has 2 aliphatic rings. The molecule has 0 saturated heterocycles. The maximum atomic E-state index is 13.9. The predicted octanol–water partition coefficient (Wildman–Crippen LogP) is 13.4. The molecule has 3 aromatic carbocycles. The van der Waals surface area contributed by atoms with Gasteiger partial charge >= 0.3 is 17.9 Å². The molecule has 0 saturated carbocycles. The van der Waals surface area contributed by atoms with Gasteiger partial charge in [-0.15, -0.1) is 0 Å². The molecular weight excluding hydrogens is 745 g/mol. The zero-order chi connectivity index (χ0) is 42.6. The molecule has 0 N–H and O–H groups in total. The van der Waals surface area contributed by atoms with Crippen LogP contribution in [0.1, 0.15) is 217 Å². The Balaban J connectivity index is 1.59. The molecule has 2 aliphatic heterocycles. The summed E-state index contributed by atoms with van der Waals surface area (Å²) in [5, 5.41) is 0. The van der Waals surface area contributed by atoms with Crippen molar-refractivity contribution in [1.29, 1.82) is 0 Å². The number of esters is 1. The van der Waals surface area contributed by atoms with Crippen LogP contribution in [0.4, 0.5) is 0 Å². The second-order valence-corrected chi connectivity index (χ2v) is 18.3. The highest BCUT2D eigenvalue weighted by Crippen LogP contribution is 2.57. The lowest BCUT2D eigenvalue weighted by atomic mass is 9.75. The van der Waals surface area contributed by atoms with Crippen LogP contribution in [0.2, 0.25) is 0 Å². The first-order chi connectivity index (χ1) is 28.2. The van der Waals surface area contributed by atoms with Crippen molar-refractivity contribution in [2.75, 3.05) is 0 Å². The number of ether oxygens (including phenoxy) is 2. The molecule has 3 aromatic rings. The summed E-state index contributed by atoms with van der Waals surface area (Å²) in [5.41, 5.74) is 1.58. The van der Waals surface area contributed by atoms with Crippen molar-refractivity contribution >= 4 is 17.9 Å². The number of hydrogen-bond donors (Lipinski definition) is 0.